The van der Waals surface area contributed by atoms with E-state index in [0.717, 1.165) is 0 Å². The van der Waals surface area contributed by atoms with E-state index in [4.69, 9.17) is 11.6 Å². The molecule has 15 heavy (non-hydrogen) atoms. The molecule has 0 saturated carbocycles. The fourth-order valence-electron chi connectivity index (χ4n) is 0.903. The first-order valence-electron chi connectivity index (χ1n) is 4.38. The number of amides is 1. The Bertz CT molecular complexity index is 343. The van der Waals surface area contributed by atoms with Crippen LogP contribution in [0.3, 0.4) is 0 Å². The van der Waals surface area contributed by atoms with Gasteiger partial charge in [-0.1, -0.05) is 17.7 Å². The van der Waals surface area contributed by atoms with Gasteiger partial charge in [-0.3, -0.25) is 14.6 Å². The van der Waals surface area contributed by atoms with Crippen molar-refractivity contribution in [1.29, 1.82) is 0 Å². The van der Waals surface area contributed by atoms with Crippen LogP contribution in [0.2, 0.25) is 0 Å². The average molecular weight is 226 g/mol. The molecule has 4 nitrogen and oxygen atoms in total. The second kappa shape index (κ2) is 5.46. The molecule has 2 atom stereocenters. The number of hydrogen-bond acceptors (Lipinski definition) is 3. The van der Waals surface area contributed by atoms with Crippen LogP contribution in [0.1, 0.15) is 18.1 Å². The molecule has 0 fully saturated rings. The summed E-state index contributed by atoms with van der Waals surface area (Å²) >= 11 is 5.88. The van der Waals surface area contributed by atoms with Crippen LogP contribution in [0.15, 0.2) is 24.4 Å². The lowest BCUT2D eigenvalue weighted by Crippen LogP contribution is -2.31. The van der Waals surface area contributed by atoms with E-state index >= 15 is 0 Å². The molecule has 1 amide bonds. The molecule has 1 aromatic heterocycles. The van der Waals surface area contributed by atoms with Gasteiger partial charge in [0, 0.05) is 6.20 Å². The van der Waals surface area contributed by atoms with Crippen LogP contribution in [0.5, 0.6) is 0 Å². The minimum atomic E-state index is -0.824. The highest BCUT2D eigenvalue weighted by atomic mass is 35.5. The Hall–Kier alpha value is -1.42. The first-order chi connectivity index (χ1) is 7.15. The maximum Gasteiger partial charge on any atom is 0.232 e. The predicted molar refractivity (Wildman–Crippen MR) is 55.8 cm³/mol. The largest absolute Gasteiger partial charge is 0.334 e. The minimum absolute atomic E-state index is 0.462. The predicted octanol–water partition coefficient (Wildman–Crippen LogP) is 1.18. The van der Waals surface area contributed by atoms with E-state index in [-0.39, 0.29) is 0 Å². The van der Waals surface area contributed by atoms with Crippen molar-refractivity contribution in [3.8, 4) is 0 Å². The number of nitrogens with zero attached hydrogens (tertiary/aromatic N) is 1. The van der Waals surface area contributed by atoms with Crippen LogP contribution in [0, 0.1) is 5.92 Å². The SMILES string of the molecule is CC([C]=O)C(=O)NC(Cl)c1ccccn1. The van der Waals surface area contributed by atoms with E-state index in [0.29, 0.717) is 5.69 Å². The highest BCUT2D eigenvalue weighted by Crippen LogP contribution is 2.14. The average Bonchev–Trinajstić information content (AvgIpc) is 2.29. The first-order valence-corrected chi connectivity index (χ1v) is 4.82. The van der Waals surface area contributed by atoms with Crippen LogP contribution in [0.4, 0.5) is 0 Å². The van der Waals surface area contributed by atoms with E-state index in [9.17, 15) is 9.59 Å². The molecule has 0 bridgehead atoms. The first kappa shape index (κ1) is 11.7. The van der Waals surface area contributed by atoms with Crippen molar-refractivity contribution in [2.45, 2.75) is 12.4 Å². The molecule has 0 aliphatic heterocycles. The van der Waals surface area contributed by atoms with Crippen molar-refractivity contribution in [2.75, 3.05) is 0 Å². The number of rotatable bonds is 4. The molecule has 1 rings (SSSR count). The third kappa shape index (κ3) is 3.32. The number of carbonyl (C=O) groups is 1. The molecule has 5 heteroatoms. The highest BCUT2D eigenvalue weighted by molar-refractivity contribution is 6.21. The van der Waals surface area contributed by atoms with Crippen molar-refractivity contribution in [2.24, 2.45) is 5.92 Å². The molecule has 1 aromatic rings. The molecule has 1 N–H and O–H groups in total. The summed E-state index contributed by atoms with van der Waals surface area (Å²) in [6, 6.07) is 5.20. The number of halogens is 1. The Labute approximate surface area is 92.7 Å². The smallest absolute Gasteiger partial charge is 0.232 e. The lowest BCUT2D eigenvalue weighted by Gasteiger charge is -2.11. The second-order valence-electron chi connectivity index (χ2n) is 2.97. The maximum absolute atomic E-state index is 11.3. The second-order valence-corrected chi connectivity index (χ2v) is 3.40. The van der Waals surface area contributed by atoms with Crippen molar-refractivity contribution >= 4 is 23.8 Å². The molecule has 1 heterocycles. The van der Waals surface area contributed by atoms with Gasteiger partial charge < -0.3 is 5.32 Å². The summed E-state index contributed by atoms with van der Waals surface area (Å²) in [6.45, 7) is 1.45. The van der Waals surface area contributed by atoms with Gasteiger partial charge in [0.15, 0.2) is 0 Å². The Morgan fingerprint density at radius 1 is 1.60 bits per heavy atom. The topological polar surface area (TPSA) is 59.1 Å². The van der Waals surface area contributed by atoms with E-state index < -0.39 is 17.3 Å². The van der Waals surface area contributed by atoms with Crippen molar-refractivity contribution in [1.82, 2.24) is 10.3 Å². The molecular weight excluding hydrogens is 216 g/mol. The molecule has 0 spiro atoms. The van der Waals surface area contributed by atoms with Crippen LogP contribution < -0.4 is 5.32 Å². The zero-order chi connectivity index (χ0) is 11.3. The third-order valence-corrected chi connectivity index (χ3v) is 2.12. The van der Waals surface area contributed by atoms with Crippen LogP contribution in [0.25, 0.3) is 0 Å². The number of aromatic nitrogens is 1. The molecule has 0 aromatic carbocycles. The molecule has 1 radical (unpaired) electrons. The van der Waals surface area contributed by atoms with Gasteiger partial charge in [0.2, 0.25) is 12.2 Å². The maximum atomic E-state index is 11.3. The molecule has 0 saturated heterocycles. The van der Waals surface area contributed by atoms with Crippen molar-refractivity contribution in [3.63, 3.8) is 0 Å². The Morgan fingerprint density at radius 2 is 2.33 bits per heavy atom. The molecule has 0 aliphatic carbocycles. The number of hydrogen-bond donors (Lipinski definition) is 1. The Morgan fingerprint density at radius 3 is 2.87 bits per heavy atom. The van der Waals surface area contributed by atoms with Gasteiger partial charge in [0.25, 0.3) is 0 Å². The minimum Gasteiger partial charge on any atom is -0.334 e. The number of pyridine rings is 1. The molecule has 2 unspecified atom stereocenters. The third-order valence-electron chi connectivity index (χ3n) is 1.79. The van der Waals surface area contributed by atoms with E-state index in [1.54, 1.807) is 30.7 Å². The summed E-state index contributed by atoms with van der Waals surface area (Å²) in [7, 11) is 0. The summed E-state index contributed by atoms with van der Waals surface area (Å²) in [4.78, 5) is 25.5. The lowest BCUT2D eigenvalue weighted by molar-refractivity contribution is -0.122. The Kier molecular flexibility index (Phi) is 4.24. The number of carbonyl (C=O) groups excluding carboxylic acids is 2. The number of nitrogens with one attached hydrogen (secondary N) is 1. The summed E-state index contributed by atoms with van der Waals surface area (Å²) < 4.78 is 0. The normalized spacial score (nSPS) is 14.0. The summed E-state index contributed by atoms with van der Waals surface area (Å²) in [5, 5.41) is 2.45. The Balaban J connectivity index is 2.60. The summed E-state index contributed by atoms with van der Waals surface area (Å²) in [6.07, 6.45) is 3.16. The van der Waals surface area contributed by atoms with Gasteiger partial charge in [0.05, 0.1) is 5.69 Å². The zero-order valence-corrected chi connectivity index (χ0v) is 8.86. The van der Waals surface area contributed by atoms with Gasteiger partial charge >= 0.3 is 0 Å². The monoisotopic (exact) mass is 225 g/mol. The van der Waals surface area contributed by atoms with Crippen LogP contribution in [-0.4, -0.2) is 17.2 Å². The molecule has 0 aliphatic rings. The lowest BCUT2D eigenvalue weighted by atomic mass is 10.2. The van der Waals surface area contributed by atoms with Crippen LogP contribution >= 0.6 is 11.6 Å². The van der Waals surface area contributed by atoms with E-state index in [1.807, 2.05) is 0 Å². The van der Waals surface area contributed by atoms with Crippen molar-refractivity contribution in [3.05, 3.63) is 30.1 Å². The molecular formula is C10H10ClN2O2. The number of alkyl halides is 1. The zero-order valence-electron chi connectivity index (χ0n) is 8.11. The van der Waals surface area contributed by atoms with Gasteiger partial charge in [-0.2, -0.15) is 0 Å². The van der Waals surface area contributed by atoms with Crippen molar-refractivity contribution < 1.29 is 9.59 Å². The molecule has 79 valence electrons. The quantitative estimate of drug-likeness (QED) is 0.476. The fourth-order valence-corrected chi connectivity index (χ4v) is 1.14. The van der Waals surface area contributed by atoms with Gasteiger partial charge in [-0.05, 0) is 19.1 Å². The van der Waals surface area contributed by atoms with Gasteiger partial charge in [-0.25, -0.2) is 0 Å². The fraction of sp³-hybridized carbons (Fsp3) is 0.300. The highest BCUT2D eigenvalue weighted by Gasteiger charge is 2.17. The van der Waals surface area contributed by atoms with Gasteiger partial charge in [0.1, 0.15) is 11.4 Å². The van der Waals surface area contributed by atoms with E-state index in [1.165, 1.54) is 6.92 Å². The van der Waals surface area contributed by atoms with Crippen LogP contribution in [-0.2, 0) is 9.59 Å². The summed E-state index contributed by atoms with van der Waals surface area (Å²) in [5.41, 5.74) is -0.194. The standard InChI is InChI=1S/C10H10ClN2O2/c1-7(6-14)10(15)13-9(11)8-4-2-3-5-12-8/h2-5,7,9H,1H3,(H,13,15). The van der Waals surface area contributed by atoms with Gasteiger partial charge in [-0.15, -0.1) is 0 Å². The summed E-state index contributed by atoms with van der Waals surface area (Å²) in [5.74, 6) is -1.29. The van der Waals surface area contributed by atoms with E-state index in [2.05, 4.69) is 10.3 Å².